The van der Waals surface area contributed by atoms with E-state index in [2.05, 4.69) is 4.74 Å². The Morgan fingerprint density at radius 3 is 2.06 bits per heavy atom. The molecule has 7 heteroatoms. The lowest BCUT2D eigenvalue weighted by molar-refractivity contribution is -0.523. The highest BCUT2D eigenvalue weighted by Gasteiger charge is 2.43. The zero-order valence-electron chi connectivity index (χ0n) is 9.63. The third-order valence-electron chi connectivity index (χ3n) is 1.94. The molecule has 16 heavy (non-hydrogen) atoms. The van der Waals surface area contributed by atoms with Crippen molar-refractivity contribution in [1.29, 1.82) is 0 Å². The molecular weight excluding hydrogens is 218 g/mol. The van der Waals surface area contributed by atoms with Gasteiger partial charge in [-0.15, -0.1) is 0 Å². The smallest absolute Gasteiger partial charge is 0.385 e. The number of esters is 2. The minimum absolute atomic E-state index is 0.363. The summed E-state index contributed by atoms with van der Waals surface area (Å²) in [6.45, 7) is 4.36. The van der Waals surface area contributed by atoms with Gasteiger partial charge in [0.25, 0.3) is 0 Å². The normalized spacial score (nSPS) is 14.1. The Bertz CT molecular complexity index is 288. The molecule has 2 unspecified atom stereocenters. The summed E-state index contributed by atoms with van der Waals surface area (Å²) >= 11 is 0. The molecule has 0 heterocycles. The van der Waals surface area contributed by atoms with Gasteiger partial charge < -0.3 is 9.47 Å². The molecule has 0 rings (SSSR count). The topological polar surface area (TPSA) is 95.7 Å². The van der Waals surface area contributed by atoms with Gasteiger partial charge in [-0.1, -0.05) is 13.8 Å². The first-order valence-corrected chi connectivity index (χ1v) is 4.69. The Labute approximate surface area is 92.9 Å². The van der Waals surface area contributed by atoms with Crippen LogP contribution in [0.1, 0.15) is 20.8 Å². The fourth-order valence-corrected chi connectivity index (χ4v) is 1.22. The molecule has 0 saturated carbocycles. The van der Waals surface area contributed by atoms with E-state index in [9.17, 15) is 19.7 Å². The summed E-state index contributed by atoms with van der Waals surface area (Å²) in [7, 11) is 1.05. The molecule has 0 aromatic carbocycles. The van der Waals surface area contributed by atoms with Crippen LogP contribution in [-0.2, 0) is 19.1 Å². The van der Waals surface area contributed by atoms with Gasteiger partial charge in [-0.25, -0.2) is 4.79 Å². The zero-order valence-corrected chi connectivity index (χ0v) is 9.63. The minimum Gasteiger partial charge on any atom is -0.464 e. The Hall–Kier alpha value is -1.66. The minimum atomic E-state index is -1.69. The van der Waals surface area contributed by atoms with Crippen LogP contribution in [0, 0.1) is 16.0 Å². The number of nitrogens with zero attached hydrogens (tertiary/aromatic N) is 1. The summed E-state index contributed by atoms with van der Waals surface area (Å²) in [5, 5.41) is 10.7. The van der Waals surface area contributed by atoms with Crippen LogP contribution in [0.15, 0.2) is 0 Å². The number of nitro groups is 1. The number of methoxy groups -OCH3 is 1. The first-order chi connectivity index (χ1) is 7.31. The van der Waals surface area contributed by atoms with Gasteiger partial charge in [0.05, 0.1) is 7.11 Å². The van der Waals surface area contributed by atoms with Crippen molar-refractivity contribution in [2.75, 3.05) is 7.11 Å². The Kier molecular flexibility index (Phi) is 5.41. The SMILES string of the molecule is COC(=O)C(C(OC(C)=O)C(C)C)[N+](=O)[O-]. The van der Waals surface area contributed by atoms with Crippen LogP contribution in [0.3, 0.4) is 0 Å². The van der Waals surface area contributed by atoms with Crippen molar-refractivity contribution in [1.82, 2.24) is 0 Å². The van der Waals surface area contributed by atoms with Crippen LogP contribution >= 0.6 is 0 Å². The highest BCUT2D eigenvalue weighted by atomic mass is 16.6. The maximum Gasteiger partial charge on any atom is 0.385 e. The van der Waals surface area contributed by atoms with Crippen LogP contribution < -0.4 is 0 Å². The summed E-state index contributed by atoms with van der Waals surface area (Å²) in [5.74, 6) is -2.06. The lowest BCUT2D eigenvalue weighted by atomic mass is 10.00. The summed E-state index contributed by atoms with van der Waals surface area (Å²) in [4.78, 5) is 32.0. The van der Waals surface area contributed by atoms with E-state index in [1.807, 2.05) is 0 Å². The first-order valence-electron chi connectivity index (χ1n) is 4.69. The van der Waals surface area contributed by atoms with E-state index in [1.165, 1.54) is 0 Å². The highest BCUT2D eigenvalue weighted by molar-refractivity contribution is 5.76. The number of carbonyl (C=O) groups is 2. The van der Waals surface area contributed by atoms with Crippen molar-refractivity contribution in [2.24, 2.45) is 5.92 Å². The van der Waals surface area contributed by atoms with Crippen LogP contribution in [-0.4, -0.2) is 36.1 Å². The second kappa shape index (κ2) is 6.04. The monoisotopic (exact) mass is 233 g/mol. The van der Waals surface area contributed by atoms with Crippen molar-refractivity contribution in [3.63, 3.8) is 0 Å². The molecule has 0 spiro atoms. The highest BCUT2D eigenvalue weighted by Crippen LogP contribution is 2.15. The zero-order chi connectivity index (χ0) is 12.9. The largest absolute Gasteiger partial charge is 0.464 e. The molecule has 0 aliphatic heterocycles. The molecule has 0 fully saturated rings. The van der Waals surface area contributed by atoms with E-state index in [4.69, 9.17) is 4.74 Å². The molecule has 0 N–H and O–H groups in total. The predicted molar refractivity (Wildman–Crippen MR) is 53.2 cm³/mol. The molecule has 0 aromatic heterocycles. The molecule has 0 aliphatic rings. The fraction of sp³-hybridized carbons (Fsp3) is 0.778. The lowest BCUT2D eigenvalue weighted by Gasteiger charge is -2.21. The van der Waals surface area contributed by atoms with E-state index >= 15 is 0 Å². The maximum atomic E-state index is 11.2. The number of carbonyl (C=O) groups excluding carboxylic acids is 2. The molecule has 0 aromatic rings. The van der Waals surface area contributed by atoms with Crippen LogP contribution in [0.5, 0.6) is 0 Å². The molecular formula is C9H15NO6. The van der Waals surface area contributed by atoms with Crippen molar-refractivity contribution < 1.29 is 24.0 Å². The summed E-state index contributed by atoms with van der Waals surface area (Å²) in [6.07, 6.45) is -1.13. The molecule has 0 radical (unpaired) electrons. The molecule has 0 saturated heterocycles. The molecule has 0 amide bonds. The van der Waals surface area contributed by atoms with Gasteiger partial charge in [0.1, 0.15) is 0 Å². The van der Waals surface area contributed by atoms with E-state index < -0.39 is 29.0 Å². The average Bonchev–Trinajstić information content (AvgIpc) is 2.14. The second-order valence-corrected chi connectivity index (χ2v) is 3.57. The van der Waals surface area contributed by atoms with Crippen molar-refractivity contribution in [2.45, 2.75) is 32.9 Å². The van der Waals surface area contributed by atoms with E-state index in [-0.39, 0.29) is 5.92 Å². The van der Waals surface area contributed by atoms with Gasteiger partial charge in [0.15, 0.2) is 6.10 Å². The van der Waals surface area contributed by atoms with E-state index in [1.54, 1.807) is 13.8 Å². The van der Waals surface area contributed by atoms with Crippen molar-refractivity contribution in [3.8, 4) is 0 Å². The van der Waals surface area contributed by atoms with E-state index in [0.29, 0.717) is 0 Å². The maximum absolute atomic E-state index is 11.2. The Morgan fingerprint density at radius 1 is 1.31 bits per heavy atom. The Morgan fingerprint density at radius 2 is 1.81 bits per heavy atom. The molecule has 2 atom stereocenters. The van der Waals surface area contributed by atoms with Gasteiger partial charge in [-0.2, -0.15) is 0 Å². The van der Waals surface area contributed by atoms with Crippen molar-refractivity contribution in [3.05, 3.63) is 10.1 Å². The summed E-state index contributed by atoms with van der Waals surface area (Å²) < 4.78 is 9.09. The van der Waals surface area contributed by atoms with Crippen LogP contribution in [0.25, 0.3) is 0 Å². The number of rotatable bonds is 5. The third-order valence-corrected chi connectivity index (χ3v) is 1.94. The molecule has 0 aliphatic carbocycles. The number of hydrogen-bond acceptors (Lipinski definition) is 6. The van der Waals surface area contributed by atoms with Gasteiger partial charge in [-0.3, -0.25) is 14.9 Å². The van der Waals surface area contributed by atoms with Gasteiger partial charge >= 0.3 is 18.0 Å². The predicted octanol–water partition coefficient (Wildman–Crippen LogP) is 0.392. The summed E-state index contributed by atoms with van der Waals surface area (Å²) in [5.41, 5.74) is 0. The third kappa shape index (κ3) is 3.84. The first kappa shape index (κ1) is 14.3. The van der Waals surface area contributed by atoms with Gasteiger partial charge in [0.2, 0.25) is 0 Å². The van der Waals surface area contributed by atoms with Crippen molar-refractivity contribution >= 4 is 11.9 Å². The molecule has 0 bridgehead atoms. The van der Waals surface area contributed by atoms with Crippen LogP contribution in [0.4, 0.5) is 0 Å². The van der Waals surface area contributed by atoms with Gasteiger partial charge in [0, 0.05) is 11.8 Å². The van der Waals surface area contributed by atoms with Gasteiger partial charge in [-0.05, 0) is 5.92 Å². The standard InChI is InChI=1S/C9H15NO6/c1-5(2)8(16-6(3)11)7(10(13)14)9(12)15-4/h5,7-8H,1-4H3. The quantitative estimate of drug-likeness (QED) is 0.387. The summed E-state index contributed by atoms with van der Waals surface area (Å²) in [6, 6.07) is -1.69. The Balaban J connectivity index is 5.02. The lowest BCUT2D eigenvalue weighted by Crippen LogP contribution is -2.46. The number of hydrogen-bond donors (Lipinski definition) is 0. The average molecular weight is 233 g/mol. The fourth-order valence-electron chi connectivity index (χ4n) is 1.22. The second-order valence-electron chi connectivity index (χ2n) is 3.57. The number of ether oxygens (including phenoxy) is 2. The molecule has 92 valence electrons. The molecule has 7 nitrogen and oxygen atoms in total. The van der Waals surface area contributed by atoms with Crippen LogP contribution in [0.2, 0.25) is 0 Å². The van der Waals surface area contributed by atoms with E-state index in [0.717, 1.165) is 14.0 Å².